The molecular weight excluding hydrogens is 168 g/mol. The van der Waals surface area contributed by atoms with Gasteiger partial charge in [-0.2, -0.15) is 5.10 Å². The highest BCUT2D eigenvalue weighted by Crippen LogP contribution is 2.13. The van der Waals surface area contributed by atoms with Crippen molar-refractivity contribution in [1.82, 2.24) is 9.78 Å². The van der Waals surface area contributed by atoms with E-state index in [-0.39, 0.29) is 18.1 Å². The third-order valence-electron chi connectivity index (χ3n) is 2.16. The zero-order chi connectivity index (χ0) is 9.42. The van der Waals surface area contributed by atoms with Crippen molar-refractivity contribution in [2.24, 2.45) is 0 Å². The SMILES string of the molecule is CCc1cc2n(n1)C(=O)CC(=O)C2. The maximum atomic E-state index is 11.3. The lowest BCUT2D eigenvalue weighted by atomic mass is 10.1. The molecule has 68 valence electrons. The van der Waals surface area contributed by atoms with Gasteiger partial charge in [0.1, 0.15) is 5.78 Å². The second-order valence-electron chi connectivity index (χ2n) is 3.18. The molecule has 0 N–H and O–H groups in total. The van der Waals surface area contributed by atoms with Crippen molar-refractivity contribution in [3.05, 3.63) is 17.5 Å². The summed E-state index contributed by atoms with van der Waals surface area (Å²) in [6.07, 6.45) is 1.14. The molecule has 1 aliphatic heterocycles. The van der Waals surface area contributed by atoms with E-state index >= 15 is 0 Å². The van der Waals surface area contributed by atoms with Gasteiger partial charge in [-0.1, -0.05) is 6.92 Å². The van der Waals surface area contributed by atoms with Gasteiger partial charge in [-0.3, -0.25) is 9.59 Å². The summed E-state index contributed by atoms with van der Waals surface area (Å²) in [5.41, 5.74) is 1.61. The highest BCUT2D eigenvalue weighted by atomic mass is 16.2. The molecule has 0 bridgehead atoms. The van der Waals surface area contributed by atoms with Crippen LogP contribution in [-0.2, 0) is 17.6 Å². The largest absolute Gasteiger partial charge is 0.299 e. The van der Waals surface area contributed by atoms with Crippen molar-refractivity contribution in [2.45, 2.75) is 26.2 Å². The summed E-state index contributed by atoms with van der Waals surface area (Å²) >= 11 is 0. The van der Waals surface area contributed by atoms with E-state index in [1.807, 2.05) is 13.0 Å². The number of hydrogen-bond acceptors (Lipinski definition) is 3. The Bertz CT molecular complexity index is 379. The summed E-state index contributed by atoms with van der Waals surface area (Å²) in [6.45, 7) is 1.97. The zero-order valence-electron chi connectivity index (χ0n) is 7.41. The Morgan fingerprint density at radius 3 is 2.92 bits per heavy atom. The van der Waals surface area contributed by atoms with Crippen LogP contribution in [0, 0.1) is 0 Å². The average Bonchev–Trinajstić information content (AvgIpc) is 2.47. The van der Waals surface area contributed by atoms with E-state index in [0.29, 0.717) is 6.42 Å². The average molecular weight is 178 g/mol. The fourth-order valence-electron chi connectivity index (χ4n) is 1.50. The Labute approximate surface area is 75.5 Å². The quantitative estimate of drug-likeness (QED) is 0.592. The first-order valence-corrected chi connectivity index (χ1v) is 4.33. The van der Waals surface area contributed by atoms with Gasteiger partial charge in [-0.25, -0.2) is 4.68 Å². The molecule has 1 aromatic heterocycles. The first-order valence-electron chi connectivity index (χ1n) is 4.33. The van der Waals surface area contributed by atoms with E-state index in [2.05, 4.69) is 5.10 Å². The van der Waals surface area contributed by atoms with E-state index < -0.39 is 0 Å². The van der Waals surface area contributed by atoms with Gasteiger partial charge in [-0.15, -0.1) is 0 Å². The molecule has 0 amide bonds. The molecule has 2 rings (SSSR count). The topological polar surface area (TPSA) is 52.0 Å². The smallest absolute Gasteiger partial charge is 0.254 e. The van der Waals surface area contributed by atoms with Crippen LogP contribution in [0.15, 0.2) is 6.07 Å². The standard InChI is InChI=1S/C9H10N2O2/c1-2-6-3-7-4-8(12)5-9(13)11(7)10-6/h3H,2,4-5H2,1H3. The van der Waals surface area contributed by atoms with E-state index in [1.54, 1.807) is 0 Å². The monoisotopic (exact) mass is 178 g/mol. The molecule has 4 heteroatoms. The van der Waals surface area contributed by atoms with Crippen molar-refractivity contribution in [3.8, 4) is 0 Å². The molecule has 0 aromatic carbocycles. The van der Waals surface area contributed by atoms with Gasteiger partial charge in [0.2, 0.25) is 0 Å². The number of rotatable bonds is 1. The fraction of sp³-hybridized carbons (Fsp3) is 0.444. The van der Waals surface area contributed by atoms with E-state index in [4.69, 9.17) is 0 Å². The molecule has 0 atom stereocenters. The summed E-state index contributed by atoms with van der Waals surface area (Å²) in [5, 5.41) is 4.10. The molecule has 0 unspecified atom stereocenters. The molecule has 0 saturated carbocycles. The van der Waals surface area contributed by atoms with Crippen LogP contribution >= 0.6 is 0 Å². The van der Waals surface area contributed by atoms with Gasteiger partial charge in [-0.05, 0) is 12.5 Å². The minimum Gasteiger partial charge on any atom is -0.299 e. The van der Waals surface area contributed by atoms with E-state index in [9.17, 15) is 9.59 Å². The van der Waals surface area contributed by atoms with Gasteiger partial charge in [0.25, 0.3) is 5.91 Å². The number of Topliss-reactive ketones (excluding diaryl/α,β-unsaturated/α-hetero) is 1. The predicted molar refractivity (Wildman–Crippen MR) is 45.6 cm³/mol. The van der Waals surface area contributed by atoms with E-state index in [0.717, 1.165) is 17.8 Å². The number of aryl methyl sites for hydroxylation is 1. The summed E-state index contributed by atoms with van der Waals surface area (Å²) < 4.78 is 1.36. The number of carbonyl (C=O) groups is 2. The van der Waals surface area contributed by atoms with Crippen LogP contribution in [0.5, 0.6) is 0 Å². The highest BCUT2D eigenvalue weighted by molar-refractivity contribution is 6.02. The van der Waals surface area contributed by atoms with Crippen LogP contribution in [-0.4, -0.2) is 21.5 Å². The minimum atomic E-state index is -0.203. The molecule has 13 heavy (non-hydrogen) atoms. The van der Waals surface area contributed by atoms with Crippen molar-refractivity contribution >= 4 is 11.7 Å². The Balaban J connectivity index is 2.46. The third-order valence-corrected chi connectivity index (χ3v) is 2.16. The molecular formula is C9H10N2O2. The number of fused-ring (bicyclic) bond motifs is 1. The minimum absolute atomic E-state index is 0.00215. The van der Waals surface area contributed by atoms with Gasteiger partial charge < -0.3 is 0 Å². The third kappa shape index (κ3) is 1.28. The second kappa shape index (κ2) is 2.80. The molecule has 0 radical (unpaired) electrons. The van der Waals surface area contributed by atoms with Crippen molar-refractivity contribution in [3.63, 3.8) is 0 Å². The van der Waals surface area contributed by atoms with Gasteiger partial charge in [0.05, 0.1) is 17.8 Å². The Morgan fingerprint density at radius 2 is 2.23 bits per heavy atom. The number of aromatic nitrogens is 2. The van der Waals surface area contributed by atoms with Crippen molar-refractivity contribution in [1.29, 1.82) is 0 Å². The Hall–Kier alpha value is -1.45. The van der Waals surface area contributed by atoms with Crippen LogP contribution in [0.2, 0.25) is 0 Å². The van der Waals surface area contributed by atoms with Crippen LogP contribution in [0.3, 0.4) is 0 Å². The lowest BCUT2D eigenvalue weighted by molar-refractivity contribution is -0.118. The van der Waals surface area contributed by atoms with Crippen molar-refractivity contribution in [2.75, 3.05) is 0 Å². The summed E-state index contributed by atoms with van der Waals surface area (Å²) in [4.78, 5) is 22.4. The van der Waals surface area contributed by atoms with Crippen LogP contribution in [0.25, 0.3) is 0 Å². The number of hydrogen-bond donors (Lipinski definition) is 0. The van der Waals surface area contributed by atoms with Crippen molar-refractivity contribution < 1.29 is 9.59 Å². The van der Waals surface area contributed by atoms with Gasteiger partial charge in [0.15, 0.2) is 0 Å². The molecule has 0 saturated heterocycles. The van der Waals surface area contributed by atoms with E-state index in [1.165, 1.54) is 4.68 Å². The van der Waals surface area contributed by atoms with Gasteiger partial charge in [0, 0.05) is 6.42 Å². The number of ketones is 1. The first-order chi connectivity index (χ1) is 6.20. The second-order valence-corrected chi connectivity index (χ2v) is 3.18. The Kier molecular flexibility index (Phi) is 1.76. The molecule has 0 spiro atoms. The lowest BCUT2D eigenvalue weighted by Gasteiger charge is -2.09. The fourth-order valence-corrected chi connectivity index (χ4v) is 1.50. The van der Waals surface area contributed by atoms with Crippen LogP contribution < -0.4 is 0 Å². The normalized spacial score (nSPS) is 16.1. The summed E-state index contributed by atoms with van der Waals surface area (Å²) in [7, 11) is 0. The summed E-state index contributed by atoms with van der Waals surface area (Å²) in [6, 6.07) is 1.83. The number of nitrogens with zero attached hydrogens (tertiary/aromatic N) is 2. The summed E-state index contributed by atoms with van der Waals surface area (Å²) in [5.74, 6) is -0.217. The van der Waals surface area contributed by atoms with Crippen LogP contribution in [0.4, 0.5) is 0 Å². The van der Waals surface area contributed by atoms with Crippen LogP contribution in [0.1, 0.15) is 29.5 Å². The maximum absolute atomic E-state index is 11.3. The maximum Gasteiger partial charge on any atom is 0.254 e. The molecule has 0 fully saturated rings. The molecule has 1 aromatic rings. The van der Waals surface area contributed by atoms with Gasteiger partial charge >= 0.3 is 0 Å². The predicted octanol–water partition coefficient (Wildman–Crippen LogP) is 0.601. The highest BCUT2D eigenvalue weighted by Gasteiger charge is 2.23. The molecule has 2 heterocycles. The molecule has 1 aliphatic rings. The zero-order valence-corrected chi connectivity index (χ0v) is 7.41. The molecule has 4 nitrogen and oxygen atoms in total. The number of carbonyl (C=O) groups excluding carboxylic acids is 2. The molecule has 0 aliphatic carbocycles. The lowest BCUT2D eigenvalue weighted by Crippen LogP contribution is -2.26. The Morgan fingerprint density at radius 1 is 1.46 bits per heavy atom. The first kappa shape index (κ1) is 8.16.